The summed E-state index contributed by atoms with van der Waals surface area (Å²) in [6.45, 7) is 0. The van der Waals surface area contributed by atoms with Gasteiger partial charge in [0.15, 0.2) is 5.58 Å². The predicted octanol–water partition coefficient (Wildman–Crippen LogP) is 4.54. The first-order valence-electron chi connectivity index (χ1n) is 8.87. The van der Waals surface area contributed by atoms with Crippen molar-refractivity contribution in [2.75, 3.05) is 5.73 Å². The fourth-order valence-electron chi connectivity index (χ4n) is 3.27. The largest absolute Gasteiger partial charge is 0.454 e. The number of hydrogen-bond acceptors (Lipinski definition) is 5. The SMILES string of the molecule is Cn1cc(-c2ccc(-c3cc4nccc(-c5ccc(N)nc5)c4o3)cc2)cn1. The lowest BCUT2D eigenvalue weighted by Gasteiger charge is -2.02. The van der Waals surface area contributed by atoms with Gasteiger partial charge in [0.25, 0.3) is 0 Å². The smallest absolute Gasteiger partial charge is 0.161 e. The van der Waals surface area contributed by atoms with Crippen molar-refractivity contribution in [3.8, 4) is 33.6 Å². The third kappa shape index (κ3) is 2.81. The Morgan fingerprint density at radius 3 is 2.36 bits per heavy atom. The molecule has 0 fully saturated rings. The van der Waals surface area contributed by atoms with Crippen molar-refractivity contribution in [2.24, 2.45) is 7.05 Å². The molecular formula is C22H17N5O. The zero-order valence-electron chi connectivity index (χ0n) is 15.2. The summed E-state index contributed by atoms with van der Waals surface area (Å²) >= 11 is 0. The topological polar surface area (TPSA) is 82.8 Å². The highest BCUT2D eigenvalue weighted by molar-refractivity contribution is 5.92. The van der Waals surface area contributed by atoms with E-state index < -0.39 is 0 Å². The Morgan fingerprint density at radius 2 is 1.64 bits per heavy atom. The summed E-state index contributed by atoms with van der Waals surface area (Å²) in [4.78, 5) is 8.63. The summed E-state index contributed by atoms with van der Waals surface area (Å²) in [5, 5.41) is 4.22. The molecule has 5 rings (SSSR count). The molecule has 0 aliphatic rings. The number of nitrogen functional groups attached to an aromatic ring is 1. The standard InChI is InChI=1S/C22H17N5O/c1-27-13-17(12-26-27)14-2-4-15(5-3-14)20-10-19-22(28-20)18(8-9-24-19)16-6-7-21(23)25-11-16/h2-13H,1H3,(H2,23,25). The quantitative estimate of drug-likeness (QED) is 0.506. The molecule has 0 amide bonds. The third-order valence-corrected chi connectivity index (χ3v) is 4.72. The number of rotatable bonds is 3. The minimum absolute atomic E-state index is 0.489. The lowest BCUT2D eigenvalue weighted by Crippen LogP contribution is -1.89. The monoisotopic (exact) mass is 367 g/mol. The average molecular weight is 367 g/mol. The van der Waals surface area contributed by atoms with Crippen LogP contribution in [0.2, 0.25) is 0 Å². The summed E-state index contributed by atoms with van der Waals surface area (Å²) in [6, 6.07) is 15.8. The first-order chi connectivity index (χ1) is 13.7. The van der Waals surface area contributed by atoms with Crippen LogP contribution in [-0.2, 0) is 7.05 Å². The van der Waals surface area contributed by atoms with E-state index in [2.05, 4.69) is 27.2 Å². The fraction of sp³-hybridized carbons (Fsp3) is 0.0455. The van der Waals surface area contributed by atoms with Gasteiger partial charge in [-0.2, -0.15) is 5.10 Å². The zero-order valence-corrected chi connectivity index (χ0v) is 15.2. The molecule has 4 heterocycles. The molecule has 0 aliphatic carbocycles. The fourth-order valence-corrected chi connectivity index (χ4v) is 3.27. The number of pyridine rings is 2. The summed E-state index contributed by atoms with van der Waals surface area (Å²) in [5.41, 5.74) is 12.3. The molecule has 1 aromatic carbocycles. The van der Waals surface area contributed by atoms with E-state index in [-0.39, 0.29) is 0 Å². The van der Waals surface area contributed by atoms with Crippen LogP contribution in [0.4, 0.5) is 5.82 Å². The van der Waals surface area contributed by atoms with Crippen LogP contribution in [0.1, 0.15) is 0 Å². The highest BCUT2D eigenvalue weighted by atomic mass is 16.3. The molecule has 6 heteroatoms. The predicted molar refractivity (Wildman–Crippen MR) is 109 cm³/mol. The maximum absolute atomic E-state index is 6.18. The second-order valence-electron chi connectivity index (χ2n) is 6.64. The molecule has 0 atom stereocenters. The van der Waals surface area contributed by atoms with E-state index in [0.29, 0.717) is 5.82 Å². The van der Waals surface area contributed by atoms with Crippen molar-refractivity contribution in [3.63, 3.8) is 0 Å². The molecule has 0 radical (unpaired) electrons. The van der Waals surface area contributed by atoms with Crippen molar-refractivity contribution in [2.45, 2.75) is 0 Å². The van der Waals surface area contributed by atoms with Gasteiger partial charge in [-0.15, -0.1) is 0 Å². The Balaban J connectivity index is 1.55. The number of aromatic nitrogens is 4. The van der Waals surface area contributed by atoms with E-state index >= 15 is 0 Å². The van der Waals surface area contributed by atoms with Gasteiger partial charge in [-0.1, -0.05) is 24.3 Å². The Morgan fingerprint density at radius 1 is 0.857 bits per heavy atom. The number of furan rings is 1. The van der Waals surface area contributed by atoms with Crippen LogP contribution >= 0.6 is 0 Å². The maximum atomic E-state index is 6.18. The molecule has 0 spiro atoms. The molecular weight excluding hydrogens is 350 g/mol. The Hall–Kier alpha value is -3.93. The van der Waals surface area contributed by atoms with Crippen LogP contribution in [0.25, 0.3) is 44.7 Å². The van der Waals surface area contributed by atoms with Gasteiger partial charge in [0, 0.05) is 54.0 Å². The molecule has 4 aromatic heterocycles. The van der Waals surface area contributed by atoms with Gasteiger partial charge in [-0.3, -0.25) is 9.67 Å². The maximum Gasteiger partial charge on any atom is 0.161 e. The second kappa shape index (κ2) is 6.35. The zero-order chi connectivity index (χ0) is 19.1. The van der Waals surface area contributed by atoms with Crippen molar-refractivity contribution in [3.05, 3.63) is 73.3 Å². The number of hydrogen-bond donors (Lipinski definition) is 1. The normalized spacial score (nSPS) is 11.2. The summed E-state index contributed by atoms with van der Waals surface area (Å²) in [7, 11) is 1.91. The molecule has 5 aromatic rings. The molecule has 0 unspecified atom stereocenters. The van der Waals surface area contributed by atoms with Gasteiger partial charge in [-0.05, 0) is 23.8 Å². The van der Waals surface area contributed by atoms with Crippen molar-refractivity contribution < 1.29 is 4.42 Å². The van der Waals surface area contributed by atoms with E-state index in [4.69, 9.17) is 10.2 Å². The molecule has 28 heavy (non-hydrogen) atoms. The van der Waals surface area contributed by atoms with Crippen LogP contribution in [0, 0.1) is 0 Å². The summed E-state index contributed by atoms with van der Waals surface area (Å²) < 4.78 is 7.97. The number of anilines is 1. The summed E-state index contributed by atoms with van der Waals surface area (Å²) in [5.74, 6) is 1.26. The van der Waals surface area contributed by atoms with E-state index in [1.165, 1.54) is 0 Å². The second-order valence-corrected chi connectivity index (χ2v) is 6.64. The van der Waals surface area contributed by atoms with E-state index in [1.54, 1.807) is 23.1 Å². The highest BCUT2D eigenvalue weighted by Crippen LogP contribution is 2.34. The number of aryl methyl sites for hydroxylation is 1. The van der Waals surface area contributed by atoms with Gasteiger partial charge in [0.1, 0.15) is 17.1 Å². The van der Waals surface area contributed by atoms with Gasteiger partial charge in [0.2, 0.25) is 0 Å². The molecule has 2 N–H and O–H groups in total. The lowest BCUT2D eigenvalue weighted by molar-refractivity contribution is 0.632. The Kier molecular flexibility index (Phi) is 3.69. The van der Waals surface area contributed by atoms with Crippen LogP contribution in [0.5, 0.6) is 0 Å². The molecule has 0 saturated carbocycles. The third-order valence-electron chi connectivity index (χ3n) is 4.72. The number of nitrogens with two attached hydrogens (primary N) is 1. The van der Waals surface area contributed by atoms with E-state index in [9.17, 15) is 0 Å². The molecule has 136 valence electrons. The first kappa shape index (κ1) is 16.3. The highest BCUT2D eigenvalue weighted by Gasteiger charge is 2.13. The van der Waals surface area contributed by atoms with Gasteiger partial charge >= 0.3 is 0 Å². The van der Waals surface area contributed by atoms with Crippen LogP contribution < -0.4 is 5.73 Å². The van der Waals surface area contributed by atoms with Crippen molar-refractivity contribution in [1.29, 1.82) is 0 Å². The molecule has 0 aliphatic heterocycles. The molecule has 0 saturated heterocycles. The molecule has 0 bridgehead atoms. The van der Waals surface area contributed by atoms with E-state index in [0.717, 1.165) is 44.7 Å². The minimum Gasteiger partial charge on any atom is -0.454 e. The number of fused-ring (bicyclic) bond motifs is 1. The van der Waals surface area contributed by atoms with Crippen LogP contribution in [0.3, 0.4) is 0 Å². The van der Waals surface area contributed by atoms with Crippen LogP contribution in [-0.4, -0.2) is 19.7 Å². The van der Waals surface area contributed by atoms with Crippen molar-refractivity contribution in [1.82, 2.24) is 19.7 Å². The Bertz CT molecular complexity index is 1270. The Labute approximate surface area is 161 Å². The van der Waals surface area contributed by atoms with E-state index in [1.807, 2.05) is 49.8 Å². The van der Waals surface area contributed by atoms with Gasteiger partial charge in [0.05, 0.1) is 6.20 Å². The van der Waals surface area contributed by atoms with Gasteiger partial charge in [-0.25, -0.2) is 4.98 Å². The number of benzene rings is 1. The lowest BCUT2D eigenvalue weighted by atomic mass is 10.1. The average Bonchev–Trinajstić information content (AvgIpc) is 3.35. The van der Waals surface area contributed by atoms with Crippen molar-refractivity contribution >= 4 is 16.9 Å². The summed E-state index contributed by atoms with van der Waals surface area (Å²) in [6.07, 6.45) is 7.37. The number of nitrogens with zero attached hydrogens (tertiary/aromatic N) is 4. The molecule has 6 nitrogen and oxygen atoms in total. The van der Waals surface area contributed by atoms with Gasteiger partial charge < -0.3 is 10.2 Å². The minimum atomic E-state index is 0.489. The van der Waals surface area contributed by atoms with Crippen LogP contribution in [0.15, 0.2) is 77.7 Å². The first-order valence-corrected chi connectivity index (χ1v) is 8.87.